The van der Waals surface area contributed by atoms with Gasteiger partial charge in [0.15, 0.2) is 0 Å². The number of nitrogens with zero attached hydrogens (tertiary/aromatic N) is 1. The van der Waals surface area contributed by atoms with Crippen molar-refractivity contribution in [2.45, 2.75) is 26.3 Å². The maximum absolute atomic E-state index is 12.9. The standard InChI is InChI=1S/C28H30N4O3/c1-19-24(12-7-13-25(19)31-27(34)21-14-15-21)29-17-26(33)30-23-11-6-10-22(16-23)28(35)32(2)18-20-8-4-3-5-9-20/h3-13,16,21,29H,14-15,17-18H2,1-2H3,(H,30,33)(H,31,34). The summed E-state index contributed by atoms with van der Waals surface area (Å²) in [5.41, 5.74) is 4.51. The van der Waals surface area contributed by atoms with Gasteiger partial charge in [-0.1, -0.05) is 42.5 Å². The van der Waals surface area contributed by atoms with Crippen LogP contribution >= 0.6 is 0 Å². The summed E-state index contributed by atoms with van der Waals surface area (Å²) in [6.07, 6.45) is 1.89. The van der Waals surface area contributed by atoms with Crippen molar-refractivity contribution in [3.63, 3.8) is 0 Å². The van der Waals surface area contributed by atoms with E-state index < -0.39 is 0 Å². The van der Waals surface area contributed by atoms with Crippen LogP contribution in [-0.4, -0.2) is 36.2 Å². The fraction of sp³-hybridized carbons (Fsp3) is 0.250. The van der Waals surface area contributed by atoms with Gasteiger partial charge in [-0.05, 0) is 61.2 Å². The number of anilines is 3. The number of nitrogens with one attached hydrogen (secondary N) is 3. The van der Waals surface area contributed by atoms with Crippen LogP contribution in [0.1, 0.15) is 34.3 Å². The molecule has 1 aliphatic carbocycles. The van der Waals surface area contributed by atoms with E-state index in [1.54, 1.807) is 36.2 Å². The Bertz CT molecular complexity index is 1220. The van der Waals surface area contributed by atoms with Gasteiger partial charge < -0.3 is 20.9 Å². The zero-order valence-electron chi connectivity index (χ0n) is 20.0. The Labute approximate surface area is 205 Å². The fourth-order valence-electron chi connectivity index (χ4n) is 3.80. The summed E-state index contributed by atoms with van der Waals surface area (Å²) < 4.78 is 0. The molecule has 4 rings (SSSR count). The van der Waals surface area contributed by atoms with Crippen molar-refractivity contribution < 1.29 is 14.4 Å². The molecule has 1 saturated carbocycles. The minimum absolute atomic E-state index is 0.0480. The second kappa shape index (κ2) is 10.9. The molecular weight excluding hydrogens is 440 g/mol. The van der Waals surface area contributed by atoms with E-state index in [0.29, 0.717) is 17.8 Å². The largest absolute Gasteiger partial charge is 0.376 e. The first kappa shape index (κ1) is 24.0. The van der Waals surface area contributed by atoms with E-state index in [1.165, 1.54) is 0 Å². The van der Waals surface area contributed by atoms with E-state index in [1.807, 2.05) is 55.5 Å². The SMILES string of the molecule is Cc1c(NCC(=O)Nc2cccc(C(=O)N(C)Cc3ccccc3)c2)cccc1NC(=O)C1CC1. The van der Waals surface area contributed by atoms with Gasteiger partial charge >= 0.3 is 0 Å². The van der Waals surface area contributed by atoms with Gasteiger partial charge in [-0.15, -0.1) is 0 Å². The molecule has 3 aromatic carbocycles. The number of carbonyl (C=O) groups is 3. The van der Waals surface area contributed by atoms with Crippen LogP contribution in [0, 0.1) is 12.8 Å². The van der Waals surface area contributed by atoms with E-state index in [9.17, 15) is 14.4 Å². The Morgan fingerprint density at radius 3 is 2.34 bits per heavy atom. The summed E-state index contributed by atoms with van der Waals surface area (Å²) in [6.45, 7) is 2.45. The minimum atomic E-state index is -0.237. The molecular formula is C28H30N4O3. The second-order valence-corrected chi connectivity index (χ2v) is 8.87. The van der Waals surface area contributed by atoms with Crippen molar-refractivity contribution in [3.8, 4) is 0 Å². The molecule has 0 aromatic heterocycles. The third-order valence-electron chi connectivity index (χ3n) is 5.98. The number of rotatable bonds is 9. The van der Waals surface area contributed by atoms with Crippen LogP contribution < -0.4 is 16.0 Å². The summed E-state index contributed by atoms with van der Waals surface area (Å²) in [5.74, 6) is -0.188. The topological polar surface area (TPSA) is 90.5 Å². The number of carbonyl (C=O) groups excluding carboxylic acids is 3. The Balaban J connectivity index is 1.33. The molecule has 0 radical (unpaired) electrons. The molecule has 1 aliphatic rings. The Hall–Kier alpha value is -4.13. The van der Waals surface area contributed by atoms with E-state index in [4.69, 9.17) is 0 Å². The second-order valence-electron chi connectivity index (χ2n) is 8.87. The Morgan fingerprint density at radius 2 is 1.60 bits per heavy atom. The van der Waals surface area contributed by atoms with E-state index in [-0.39, 0.29) is 30.2 Å². The maximum atomic E-state index is 12.9. The fourth-order valence-corrected chi connectivity index (χ4v) is 3.80. The van der Waals surface area contributed by atoms with Crippen LogP contribution in [0.2, 0.25) is 0 Å². The third kappa shape index (κ3) is 6.47. The molecule has 3 N–H and O–H groups in total. The first-order valence-corrected chi connectivity index (χ1v) is 11.7. The lowest BCUT2D eigenvalue weighted by Crippen LogP contribution is -2.26. The zero-order chi connectivity index (χ0) is 24.8. The van der Waals surface area contributed by atoms with Crippen molar-refractivity contribution in [2.24, 2.45) is 5.92 Å². The van der Waals surface area contributed by atoms with E-state index >= 15 is 0 Å². The summed E-state index contributed by atoms with van der Waals surface area (Å²) >= 11 is 0. The molecule has 3 amide bonds. The molecule has 1 fully saturated rings. The van der Waals surface area contributed by atoms with E-state index in [2.05, 4.69) is 16.0 Å². The average molecular weight is 471 g/mol. The highest BCUT2D eigenvalue weighted by Crippen LogP contribution is 2.31. The van der Waals surface area contributed by atoms with Crippen molar-refractivity contribution in [1.82, 2.24) is 4.90 Å². The van der Waals surface area contributed by atoms with Crippen LogP contribution in [0.4, 0.5) is 17.1 Å². The molecule has 3 aromatic rings. The highest BCUT2D eigenvalue weighted by atomic mass is 16.2. The van der Waals surface area contributed by atoms with Crippen LogP contribution in [0.15, 0.2) is 72.8 Å². The number of benzene rings is 3. The first-order chi connectivity index (χ1) is 16.9. The monoisotopic (exact) mass is 470 g/mol. The van der Waals surface area contributed by atoms with Crippen LogP contribution in [0.25, 0.3) is 0 Å². The average Bonchev–Trinajstić information content (AvgIpc) is 3.71. The van der Waals surface area contributed by atoms with Crippen molar-refractivity contribution in [1.29, 1.82) is 0 Å². The molecule has 7 heteroatoms. The lowest BCUT2D eigenvalue weighted by Gasteiger charge is -2.18. The molecule has 0 atom stereocenters. The number of hydrogen-bond acceptors (Lipinski definition) is 4. The zero-order valence-corrected chi connectivity index (χ0v) is 20.0. The summed E-state index contributed by atoms with van der Waals surface area (Å²) in [6, 6.07) is 22.3. The molecule has 0 spiro atoms. The molecule has 0 aliphatic heterocycles. The number of hydrogen-bond donors (Lipinski definition) is 3. The van der Waals surface area contributed by atoms with Gasteiger partial charge in [0, 0.05) is 42.1 Å². The van der Waals surface area contributed by atoms with Gasteiger partial charge in [-0.25, -0.2) is 0 Å². The molecule has 180 valence electrons. The van der Waals surface area contributed by atoms with Gasteiger partial charge in [0.1, 0.15) is 0 Å². The predicted octanol–water partition coefficient (Wildman–Crippen LogP) is 4.67. The first-order valence-electron chi connectivity index (χ1n) is 11.7. The highest BCUT2D eigenvalue weighted by molar-refractivity contribution is 5.98. The van der Waals surface area contributed by atoms with Crippen LogP contribution in [0.5, 0.6) is 0 Å². The smallest absolute Gasteiger partial charge is 0.253 e. The highest BCUT2D eigenvalue weighted by Gasteiger charge is 2.29. The summed E-state index contributed by atoms with van der Waals surface area (Å²) in [4.78, 5) is 39.2. The molecule has 0 saturated heterocycles. The normalized spacial score (nSPS) is 12.5. The molecule has 0 heterocycles. The lowest BCUT2D eigenvalue weighted by molar-refractivity contribution is -0.117. The van der Waals surface area contributed by atoms with Gasteiger partial charge in [0.05, 0.1) is 6.54 Å². The number of amides is 3. The molecule has 7 nitrogen and oxygen atoms in total. The quantitative estimate of drug-likeness (QED) is 0.424. The third-order valence-corrected chi connectivity index (χ3v) is 5.98. The van der Waals surface area contributed by atoms with Gasteiger partial charge in [0.2, 0.25) is 11.8 Å². The maximum Gasteiger partial charge on any atom is 0.253 e. The lowest BCUT2D eigenvalue weighted by atomic mass is 10.1. The minimum Gasteiger partial charge on any atom is -0.376 e. The van der Waals surface area contributed by atoms with Gasteiger partial charge in [-0.3, -0.25) is 14.4 Å². The summed E-state index contributed by atoms with van der Waals surface area (Å²) in [7, 11) is 1.76. The molecule has 0 bridgehead atoms. The van der Waals surface area contributed by atoms with Gasteiger partial charge in [-0.2, -0.15) is 0 Å². The van der Waals surface area contributed by atoms with Gasteiger partial charge in [0.25, 0.3) is 5.91 Å². The molecule has 35 heavy (non-hydrogen) atoms. The van der Waals surface area contributed by atoms with Crippen LogP contribution in [-0.2, 0) is 16.1 Å². The van der Waals surface area contributed by atoms with Crippen molar-refractivity contribution >= 4 is 34.8 Å². The van der Waals surface area contributed by atoms with Crippen molar-refractivity contribution in [3.05, 3.63) is 89.5 Å². The summed E-state index contributed by atoms with van der Waals surface area (Å²) in [5, 5.41) is 8.95. The van der Waals surface area contributed by atoms with Crippen LogP contribution in [0.3, 0.4) is 0 Å². The van der Waals surface area contributed by atoms with E-state index in [0.717, 1.165) is 35.3 Å². The predicted molar refractivity (Wildman–Crippen MR) is 138 cm³/mol. The molecule has 0 unspecified atom stereocenters. The Morgan fingerprint density at radius 1 is 0.886 bits per heavy atom. The van der Waals surface area contributed by atoms with Crippen molar-refractivity contribution in [2.75, 3.05) is 29.5 Å². The Kier molecular flexibility index (Phi) is 7.45.